The third kappa shape index (κ3) is 3.57. The van der Waals surface area contributed by atoms with Gasteiger partial charge in [0.1, 0.15) is 12.1 Å². The van der Waals surface area contributed by atoms with Crippen LogP contribution in [0.4, 0.5) is 4.39 Å². The van der Waals surface area contributed by atoms with Crippen LogP contribution in [-0.2, 0) is 0 Å². The molecule has 0 radical (unpaired) electrons. The molecule has 0 aliphatic carbocycles. The fourth-order valence-electron chi connectivity index (χ4n) is 2.18. The number of hydrogen-bond donors (Lipinski definition) is 0. The van der Waals surface area contributed by atoms with Gasteiger partial charge in [0, 0.05) is 10.0 Å². The van der Waals surface area contributed by atoms with E-state index in [4.69, 9.17) is 0 Å². The first-order valence-electron chi connectivity index (χ1n) is 7.17. The lowest BCUT2D eigenvalue weighted by molar-refractivity contribution is 0.0994. The standard InChI is InChI=1S/C17H13BrFN3OS/c1-11(16(23)12-6-8-13(18)9-7-12)24-17-21-20-10-22(17)15-5-3-2-4-14(15)19/h2-11H,1H3/t11-/m1/s1. The summed E-state index contributed by atoms with van der Waals surface area (Å²) in [4.78, 5) is 12.5. The van der Waals surface area contributed by atoms with Crippen LogP contribution in [0.5, 0.6) is 0 Å². The van der Waals surface area contributed by atoms with Crippen LogP contribution in [0.1, 0.15) is 17.3 Å². The van der Waals surface area contributed by atoms with Gasteiger partial charge in [0.2, 0.25) is 0 Å². The number of thioether (sulfide) groups is 1. The normalized spacial score (nSPS) is 12.1. The number of rotatable bonds is 5. The number of para-hydroxylation sites is 1. The highest BCUT2D eigenvalue weighted by Gasteiger charge is 2.20. The van der Waals surface area contributed by atoms with E-state index >= 15 is 0 Å². The first-order chi connectivity index (χ1) is 11.6. The van der Waals surface area contributed by atoms with Gasteiger partial charge in [0.05, 0.1) is 10.9 Å². The van der Waals surface area contributed by atoms with Gasteiger partial charge >= 0.3 is 0 Å². The van der Waals surface area contributed by atoms with Crippen LogP contribution in [0.15, 0.2) is 64.5 Å². The first-order valence-corrected chi connectivity index (χ1v) is 8.85. The van der Waals surface area contributed by atoms with Crippen molar-refractivity contribution in [2.75, 3.05) is 0 Å². The Labute approximate surface area is 151 Å². The summed E-state index contributed by atoms with van der Waals surface area (Å²) in [6.07, 6.45) is 1.44. The number of carbonyl (C=O) groups is 1. The molecule has 3 aromatic rings. The molecule has 1 aromatic heterocycles. The van der Waals surface area contributed by atoms with E-state index in [1.54, 1.807) is 41.8 Å². The summed E-state index contributed by atoms with van der Waals surface area (Å²) >= 11 is 4.60. The summed E-state index contributed by atoms with van der Waals surface area (Å²) in [6, 6.07) is 13.6. The average Bonchev–Trinajstić information content (AvgIpc) is 3.03. The van der Waals surface area contributed by atoms with Gasteiger partial charge in [-0.3, -0.25) is 9.36 Å². The quantitative estimate of drug-likeness (QED) is 0.461. The van der Waals surface area contributed by atoms with Crippen molar-refractivity contribution >= 4 is 33.5 Å². The van der Waals surface area contributed by atoms with E-state index in [1.165, 1.54) is 24.2 Å². The summed E-state index contributed by atoms with van der Waals surface area (Å²) < 4.78 is 16.4. The lowest BCUT2D eigenvalue weighted by Crippen LogP contribution is -2.14. The van der Waals surface area contributed by atoms with E-state index in [0.717, 1.165) is 4.47 Å². The number of Topliss-reactive ketones (excluding diaryl/α,β-unsaturated/α-hetero) is 1. The van der Waals surface area contributed by atoms with Gasteiger partial charge in [0.15, 0.2) is 10.9 Å². The molecule has 0 saturated heterocycles. The molecule has 0 spiro atoms. The average molecular weight is 406 g/mol. The van der Waals surface area contributed by atoms with E-state index in [1.807, 2.05) is 12.1 Å². The number of halogens is 2. The summed E-state index contributed by atoms with van der Waals surface area (Å²) in [7, 11) is 0. The molecule has 0 fully saturated rings. The molecule has 0 amide bonds. The maximum absolute atomic E-state index is 14.0. The van der Waals surface area contributed by atoms with E-state index in [-0.39, 0.29) is 16.9 Å². The van der Waals surface area contributed by atoms with Crippen molar-refractivity contribution in [3.05, 3.63) is 70.7 Å². The van der Waals surface area contributed by atoms with E-state index < -0.39 is 0 Å². The molecule has 0 saturated carbocycles. The highest BCUT2D eigenvalue weighted by Crippen LogP contribution is 2.27. The van der Waals surface area contributed by atoms with Gasteiger partial charge in [0.25, 0.3) is 0 Å². The van der Waals surface area contributed by atoms with Crippen LogP contribution in [0, 0.1) is 5.82 Å². The fourth-order valence-corrected chi connectivity index (χ4v) is 3.35. The second kappa shape index (κ2) is 7.27. The van der Waals surface area contributed by atoms with E-state index in [2.05, 4.69) is 26.1 Å². The maximum Gasteiger partial charge on any atom is 0.196 e. The van der Waals surface area contributed by atoms with E-state index in [9.17, 15) is 9.18 Å². The molecular formula is C17H13BrFN3OS. The molecule has 0 aliphatic rings. The number of hydrogen-bond acceptors (Lipinski definition) is 4. The summed E-state index contributed by atoms with van der Waals surface area (Å²) in [5, 5.41) is 7.95. The maximum atomic E-state index is 14.0. The molecule has 7 heteroatoms. The molecule has 0 aliphatic heterocycles. The minimum absolute atomic E-state index is 0.0180. The molecular weight excluding hydrogens is 393 g/mol. The zero-order valence-corrected chi connectivity index (χ0v) is 15.1. The monoisotopic (exact) mass is 405 g/mol. The summed E-state index contributed by atoms with van der Waals surface area (Å²) in [6.45, 7) is 1.80. The molecule has 122 valence electrons. The highest BCUT2D eigenvalue weighted by atomic mass is 79.9. The topological polar surface area (TPSA) is 47.8 Å². The van der Waals surface area contributed by atoms with Gasteiger partial charge in [-0.2, -0.15) is 0 Å². The van der Waals surface area contributed by atoms with Crippen LogP contribution in [-0.4, -0.2) is 25.8 Å². The lowest BCUT2D eigenvalue weighted by atomic mass is 10.1. The number of nitrogens with zero attached hydrogens (tertiary/aromatic N) is 3. The number of carbonyl (C=O) groups excluding carboxylic acids is 1. The third-order valence-corrected chi connectivity index (χ3v) is 4.99. The molecule has 4 nitrogen and oxygen atoms in total. The predicted octanol–water partition coefficient (Wildman–Crippen LogP) is 4.53. The van der Waals surface area contributed by atoms with Gasteiger partial charge in [-0.05, 0) is 31.2 Å². The SMILES string of the molecule is C[C@@H](Sc1nncn1-c1ccccc1F)C(=O)c1ccc(Br)cc1. The summed E-state index contributed by atoms with van der Waals surface area (Å²) in [5.74, 6) is -0.387. The minimum Gasteiger partial charge on any atom is -0.293 e. The Kier molecular flexibility index (Phi) is 5.11. The molecule has 0 unspecified atom stereocenters. The van der Waals surface area contributed by atoms with Crippen molar-refractivity contribution in [1.29, 1.82) is 0 Å². The number of ketones is 1. The highest BCUT2D eigenvalue weighted by molar-refractivity contribution is 9.10. The fraction of sp³-hybridized carbons (Fsp3) is 0.118. The van der Waals surface area contributed by atoms with Crippen molar-refractivity contribution in [3.63, 3.8) is 0 Å². The second-order valence-corrected chi connectivity index (χ2v) is 7.29. The smallest absolute Gasteiger partial charge is 0.196 e. The predicted molar refractivity (Wildman–Crippen MR) is 95.1 cm³/mol. The van der Waals surface area contributed by atoms with Crippen molar-refractivity contribution in [3.8, 4) is 5.69 Å². The molecule has 1 heterocycles. The van der Waals surface area contributed by atoms with Gasteiger partial charge in [-0.15, -0.1) is 10.2 Å². The minimum atomic E-state index is -0.374. The van der Waals surface area contributed by atoms with Crippen LogP contribution >= 0.6 is 27.7 Å². The van der Waals surface area contributed by atoms with Crippen molar-refractivity contribution in [2.45, 2.75) is 17.3 Å². The zero-order chi connectivity index (χ0) is 17.1. The molecule has 3 rings (SSSR count). The van der Waals surface area contributed by atoms with E-state index in [0.29, 0.717) is 16.4 Å². The molecule has 1 atom stereocenters. The Hall–Kier alpha value is -1.99. The van der Waals surface area contributed by atoms with Crippen LogP contribution in [0.2, 0.25) is 0 Å². The van der Waals surface area contributed by atoms with Crippen molar-refractivity contribution in [2.24, 2.45) is 0 Å². The number of benzene rings is 2. The van der Waals surface area contributed by atoms with Crippen LogP contribution in [0.25, 0.3) is 5.69 Å². The Morgan fingerprint density at radius 2 is 1.92 bits per heavy atom. The third-order valence-electron chi connectivity index (χ3n) is 3.41. The Balaban J connectivity index is 1.82. The number of aromatic nitrogens is 3. The largest absolute Gasteiger partial charge is 0.293 e. The molecule has 24 heavy (non-hydrogen) atoms. The van der Waals surface area contributed by atoms with Crippen LogP contribution < -0.4 is 0 Å². The van der Waals surface area contributed by atoms with Gasteiger partial charge in [-0.25, -0.2) is 4.39 Å². The first kappa shape index (κ1) is 16.9. The Bertz CT molecular complexity index is 866. The van der Waals surface area contributed by atoms with Crippen molar-refractivity contribution in [1.82, 2.24) is 14.8 Å². The second-order valence-electron chi connectivity index (χ2n) is 5.07. The van der Waals surface area contributed by atoms with Gasteiger partial charge < -0.3 is 0 Å². The molecule has 2 aromatic carbocycles. The Morgan fingerprint density at radius 1 is 1.21 bits per heavy atom. The van der Waals surface area contributed by atoms with Gasteiger partial charge in [-0.1, -0.05) is 52.0 Å². The Morgan fingerprint density at radius 3 is 2.62 bits per heavy atom. The van der Waals surface area contributed by atoms with Crippen LogP contribution in [0.3, 0.4) is 0 Å². The molecule has 0 N–H and O–H groups in total. The summed E-state index contributed by atoms with van der Waals surface area (Å²) in [5.41, 5.74) is 0.975. The lowest BCUT2D eigenvalue weighted by Gasteiger charge is -2.11. The zero-order valence-electron chi connectivity index (χ0n) is 12.7. The molecule has 0 bridgehead atoms. The van der Waals surface area contributed by atoms with Crippen molar-refractivity contribution < 1.29 is 9.18 Å².